The van der Waals surface area contributed by atoms with E-state index >= 15 is 0 Å². The van der Waals surface area contributed by atoms with Crippen molar-refractivity contribution < 1.29 is 4.74 Å². The van der Waals surface area contributed by atoms with Gasteiger partial charge in [0, 0.05) is 12.3 Å². The highest BCUT2D eigenvalue weighted by Gasteiger charge is 2.11. The summed E-state index contributed by atoms with van der Waals surface area (Å²) in [6, 6.07) is 20.4. The van der Waals surface area contributed by atoms with Gasteiger partial charge in [0.2, 0.25) is 0 Å². The molecule has 0 N–H and O–H groups in total. The van der Waals surface area contributed by atoms with E-state index in [-0.39, 0.29) is 5.56 Å². The SMILES string of the molecule is COc1cccc(-n2c(/C=C/c3ccccn3)nc3ccccc3c2=O)c1. The van der Waals surface area contributed by atoms with Crippen molar-refractivity contribution in [3.63, 3.8) is 0 Å². The number of para-hydroxylation sites is 1. The van der Waals surface area contributed by atoms with Gasteiger partial charge in [-0.1, -0.05) is 24.3 Å². The number of pyridine rings is 1. The molecule has 5 heteroatoms. The summed E-state index contributed by atoms with van der Waals surface area (Å²) in [6.07, 6.45) is 5.37. The smallest absolute Gasteiger partial charge is 0.266 e. The highest BCUT2D eigenvalue weighted by atomic mass is 16.5. The third kappa shape index (κ3) is 3.35. The molecular formula is C22H17N3O2. The maximum absolute atomic E-state index is 13.2. The third-order valence-corrected chi connectivity index (χ3v) is 4.20. The lowest BCUT2D eigenvalue weighted by molar-refractivity contribution is 0.414. The zero-order valence-electron chi connectivity index (χ0n) is 14.7. The molecule has 27 heavy (non-hydrogen) atoms. The molecule has 132 valence electrons. The summed E-state index contributed by atoms with van der Waals surface area (Å²) in [5.41, 5.74) is 2.01. The van der Waals surface area contributed by atoms with Gasteiger partial charge in [0.25, 0.3) is 5.56 Å². The maximum atomic E-state index is 13.2. The Balaban J connectivity index is 1.95. The van der Waals surface area contributed by atoms with Crippen LogP contribution in [-0.4, -0.2) is 21.6 Å². The molecule has 0 atom stereocenters. The van der Waals surface area contributed by atoms with E-state index in [0.29, 0.717) is 28.2 Å². The molecule has 2 heterocycles. The van der Waals surface area contributed by atoms with E-state index in [4.69, 9.17) is 9.72 Å². The van der Waals surface area contributed by atoms with Crippen LogP contribution in [0.5, 0.6) is 5.75 Å². The van der Waals surface area contributed by atoms with Gasteiger partial charge in [-0.25, -0.2) is 4.98 Å². The van der Waals surface area contributed by atoms with Crippen LogP contribution in [0.2, 0.25) is 0 Å². The Labute approximate surface area is 156 Å². The first-order valence-corrected chi connectivity index (χ1v) is 8.51. The van der Waals surface area contributed by atoms with Crippen LogP contribution in [0.4, 0.5) is 0 Å². The second-order valence-electron chi connectivity index (χ2n) is 5.92. The van der Waals surface area contributed by atoms with Gasteiger partial charge in [-0.3, -0.25) is 14.3 Å². The Morgan fingerprint density at radius 2 is 1.81 bits per heavy atom. The Bertz CT molecular complexity index is 1180. The van der Waals surface area contributed by atoms with Crippen LogP contribution in [0.15, 0.2) is 77.7 Å². The lowest BCUT2D eigenvalue weighted by Crippen LogP contribution is -2.22. The normalized spacial score (nSPS) is 11.1. The summed E-state index contributed by atoms with van der Waals surface area (Å²) in [5, 5.41) is 0.565. The molecule has 4 rings (SSSR count). The van der Waals surface area contributed by atoms with E-state index in [1.165, 1.54) is 0 Å². The molecule has 5 nitrogen and oxygen atoms in total. The molecule has 0 saturated carbocycles. The first-order chi connectivity index (χ1) is 13.3. The molecule has 0 aliphatic carbocycles. The quantitative estimate of drug-likeness (QED) is 0.556. The van der Waals surface area contributed by atoms with Crippen molar-refractivity contribution in [3.8, 4) is 11.4 Å². The first kappa shape index (κ1) is 16.7. The molecule has 4 aromatic rings. The second kappa shape index (κ2) is 7.25. The van der Waals surface area contributed by atoms with Crippen LogP contribution in [0.25, 0.3) is 28.7 Å². The first-order valence-electron chi connectivity index (χ1n) is 8.51. The van der Waals surface area contributed by atoms with E-state index in [0.717, 1.165) is 5.69 Å². The molecule has 0 unspecified atom stereocenters. The summed E-state index contributed by atoms with van der Waals surface area (Å²) in [4.78, 5) is 22.2. The van der Waals surface area contributed by atoms with E-state index in [2.05, 4.69) is 4.98 Å². The Morgan fingerprint density at radius 1 is 0.963 bits per heavy atom. The number of ether oxygens (including phenoxy) is 1. The lowest BCUT2D eigenvalue weighted by Gasteiger charge is -2.12. The zero-order valence-corrected chi connectivity index (χ0v) is 14.7. The fourth-order valence-corrected chi connectivity index (χ4v) is 2.90. The summed E-state index contributed by atoms with van der Waals surface area (Å²) >= 11 is 0. The van der Waals surface area contributed by atoms with E-state index < -0.39 is 0 Å². The summed E-state index contributed by atoms with van der Waals surface area (Å²) < 4.78 is 6.90. The number of nitrogens with zero attached hydrogens (tertiary/aromatic N) is 3. The van der Waals surface area contributed by atoms with Crippen molar-refractivity contribution in [2.45, 2.75) is 0 Å². The second-order valence-corrected chi connectivity index (χ2v) is 5.92. The minimum atomic E-state index is -0.130. The van der Waals surface area contributed by atoms with Crippen LogP contribution in [0.1, 0.15) is 11.5 Å². The standard InChI is InChI=1S/C22H17N3O2/c1-27-18-9-6-8-17(15-18)25-21(13-12-16-7-4-5-14-23-16)24-20-11-3-2-10-19(20)22(25)26/h2-15H,1H3/b13-12+. The predicted octanol–water partition coefficient (Wildman–Crippen LogP) is 3.96. The molecule has 2 aromatic heterocycles. The van der Waals surface area contributed by atoms with Crippen LogP contribution in [0, 0.1) is 0 Å². The highest BCUT2D eigenvalue weighted by molar-refractivity contribution is 5.80. The molecular weight excluding hydrogens is 338 g/mol. The van der Waals surface area contributed by atoms with Crippen LogP contribution < -0.4 is 10.3 Å². The molecule has 0 spiro atoms. The van der Waals surface area contributed by atoms with E-state index in [1.54, 1.807) is 30.0 Å². The topological polar surface area (TPSA) is 57.0 Å². The molecule has 0 saturated heterocycles. The van der Waals surface area contributed by atoms with Gasteiger partial charge in [-0.15, -0.1) is 0 Å². The lowest BCUT2D eigenvalue weighted by atomic mass is 10.2. The predicted molar refractivity (Wildman–Crippen MR) is 107 cm³/mol. The molecule has 2 aromatic carbocycles. The molecule has 0 bridgehead atoms. The van der Waals surface area contributed by atoms with Gasteiger partial charge < -0.3 is 4.74 Å². The van der Waals surface area contributed by atoms with Crippen LogP contribution in [0.3, 0.4) is 0 Å². The minimum Gasteiger partial charge on any atom is -0.497 e. The summed E-state index contributed by atoms with van der Waals surface area (Å²) in [5.74, 6) is 1.20. The third-order valence-electron chi connectivity index (χ3n) is 4.20. The van der Waals surface area contributed by atoms with Gasteiger partial charge in [0.1, 0.15) is 11.6 Å². The van der Waals surface area contributed by atoms with Crippen molar-refractivity contribution in [1.29, 1.82) is 0 Å². The number of hydrogen-bond acceptors (Lipinski definition) is 4. The number of benzene rings is 2. The summed E-state index contributed by atoms with van der Waals surface area (Å²) in [6.45, 7) is 0. The number of hydrogen-bond donors (Lipinski definition) is 0. The van der Waals surface area contributed by atoms with Crippen molar-refractivity contribution >= 4 is 23.1 Å². The van der Waals surface area contributed by atoms with Crippen molar-refractivity contribution in [3.05, 3.63) is 94.8 Å². The van der Waals surface area contributed by atoms with Crippen molar-refractivity contribution in [2.75, 3.05) is 7.11 Å². The van der Waals surface area contributed by atoms with E-state index in [9.17, 15) is 4.79 Å². The number of rotatable bonds is 4. The van der Waals surface area contributed by atoms with Crippen molar-refractivity contribution in [2.24, 2.45) is 0 Å². The van der Waals surface area contributed by atoms with Gasteiger partial charge in [-0.2, -0.15) is 0 Å². The Kier molecular flexibility index (Phi) is 4.49. The van der Waals surface area contributed by atoms with Gasteiger partial charge in [0.05, 0.1) is 29.4 Å². The molecule has 0 fully saturated rings. The average Bonchev–Trinajstić information content (AvgIpc) is 2.73. The largest absolute Gasteiger partial charge is 0.497 e. The fraction of sp³-hybridized carbons (Fsp3) is 0.0455. The molecule has 0 aliphatic heterocycles. The fourth-order valence-electron chi connectivity index (χ4n) is 2.90. The highest BCUT2D eigenvalue weighted by Crippen LogP contribution is 2.19. The average molecular weight is 355 g/mol. The van der Waals surface area contributed by atoms with Crippen LogP contribution in [-0.2, 0) is 0 Å². The number of aromatic nitrogens is 3. The van der Waals surface area contributed by atoms with Gasteiger partial charge in [-0.05, 0) is 48.6 Å². The molecule has 0 amide bonds. The van der Waals surface area contributed by atoms with Gasteiger partial charge in [0.15, 0.2) is 0 Å². The van der Waals surface area contributed by atoms with Gasteiger partial charge >= 0.3 is 0 Å². The Morgan fingerprint density at radius 3 is 2.63 bits per heavy atom. The molecule has 0 aliphatic rings. The minimum absolute atomic E-state index is 0.130. The molecule has 0 radical (unpaired) electrons. The summed E-state index contributed by atoms with van der Waals surface area (Å²) in [7, 11) is 1.60. The monoisotopic (exact) mass is 355 g/mol. The van der Waals surface area contributed by atoms with E-state index in [1.807, 2.05) is 66.7 Å². The number of methoxy groups -OCH3 is 1. The maximum Gasteiger partial charge on any atom is 0.266 e. The van der Waals surface area contributed by atoms with Crippen molar-refractivity contribution in [1.82, 2.24) is 14.5 Å². The van der Waals surface area contributed by atoms with Crippen LogP contribution >= 0.6 is 0 Å². The zero-order chi connectivity index (χ0) is 18.6. The number of fused-ring (bicyclic) bond motifs is 1. The Hall–Kier alpha value is -3.73.